The molecule has 1 spiro atoms. The average molecular weight is 542 g/mol. The molecule has 4 amide bonds. The van der Waals surface area contributed by atoms with E-state index in [4.69, 9.17) is 11.3 Å². The van der Waals surface area contributed by atoms with E-state index < -0.39 is 59.5 Å². The van der Waals surface area contributed by atoms with Crippen molar-refractivity contribution in [3.8, 4) is 5.75 Å². The fraction of sp³-hybridized carbons (Fsp3) is 0.542. The third kappa shape index (κ3) is 5.66. The first-order chi connectivity index (χ1) is 17.6. The number of rotatable bonds is 6. The molecular weight excluding hydrogens is 514 g/mol. The van der Waals surface area contributed by atoms with Gasteiger partial charge in [0.25, 0.3) is 11.8 Å². The number of carbonyl (C=O) groups excluding carboxylic acids is 4. The summed E-state index contributed by atoms with van der Waals surface area (Å²) >= 11 is 0. The maximum Gasteiger partial charge on any atom is 0.471 e. The van der Waals surface area contributed by atoms with Crippen molar-refractivity contribution in [2.45, 2.75) is 63.6 Å². The van der Waals surface area contributed by atoms with Crippen molar-refractivity contribution in [2.24, 2.45) is 5.92 Å². The van der Waals surface area contributed by atoms with E-state index in [0.29, 0.717) is 0 Å². The summed E-state index contributed by atoms with van der Waals surface area (Å²) in [5.41, 5.74) is -1.46. The standard InChI is InChI=1S/C24H27F4N5O5/c1-12(2)8-16(32(5)19(34)13(3)30-22(37)24(26,27)28)20(35)33-11-23(10-18(33)29-4)21(36)31-15-7-6-14(25)9-17(15)38-23/h6-7,9,12-13,16,18H,8,10-11H2,1-3,5H3,(H,30,37)(H,31,36). The minimum Gasteiger partial charge on any atom is -0.473 e. The molecule has 4 atom stereocenters. The van der Waals surface area contributed by atoms with E-state index in [2.05, 4.69) is 10.2 Å². The van der Waals surface area contributed by atoms with Crippen molar-refractivity contribution in [3.05, 3.63) is 35.4 Å². The molecule has 2 N–H and O–H groups in total. The lowest BCUT2D eigenvalue weighted by Gasteiger charge is -2.35. The quantitative estimate of drug-likeness (QED) is 0.424. The largest absolute Gasteiger partial charge is 0.473 e. The highest BCUT2D eigenvalue weighted by molar-refractivity contribution is 6.02. The van der Waals surface area contributed by atoms with E-state index in [1.807, 2.05) is 0 Å². The third-order valence-electron chi connectivity index (χ3n) is 6.41. The topological polar surface area (TPSA) is 112 Å². The summed E-state index contributed by atoms with van der Waals surface area (Å²) in [5.74, 6) is -5.35. The van der Waals surface area contributed by atoms with Crippen LogP contribution >= 0.6 is 0 Å². The van der Waals surface area contributed by atoms with Gasteiger partial charge in [0, 0.05) is 13.1 Å². The Labute approximate surface area is 216 Å². The first kappa shape index (κ1) is 28.7. The zero-order valence-electron chi connectivity index (χ0n) is 21.1. The molecule has 3 rings (SSSR count). The van der Waals surface area contributed by atoms with Crippen LogP contribution in [0.25, 0.3) is 4.85 Å². The van der Waals surface area contributed by atoms with Crippen LogP contribution in [-0.2, 0) is 19.2 Å². The molecule has 2 aliphatic heterocycles. The highest BCUT2D eigenvalue weighted by Crippen LogP contribution is 2.41. The molecule has 2 aliphatic rings. The molecule has 1 aromatic carbocycles. The third-order valence-corrected chi connectivity index (χ3v) is 6.41. The van der Waals surface area contributed by atoms with Crippen LogP contribution in [0.15, 0.2) is 18.2 Å². The lowest BCUT2D eigenvalue weighted by atomic mass is 9.98. The Kier molecular flexibility index (Phi) is 7.90. The molecule has 206 valence electrons. The number of hydrogen-bond acceptors (Lipinski definition) is 5. The Morgan fingerprint density at radius 3 is 2.55 bits per heavy atom. The van der Waals surface area contributed by atoms with Crippen LogP contribution < -0.4 is 15.4 Å². The summed E-state index contributed by atoms with van der Waals surface area (Å²) in [7, 11) is 1.21. The number of ether oxygens (including phenoxy) is 1. The lowest BCUT2D eigenvalue weighted by molar-refractivity contribution is -0.175. The second kappa shape index (κ2) is 10.5. The van der Waals surface area contributed by atoms with Crippen LogP contribution in [-0.4, -0.2) is 77.0 Å². The van der Waals surface area contributed by atoms with E-state index in [1.165, 1.54) is 13.1 Å². The summed E-state index contributed by atoms with van der Waals surface area (Å²) in [6.07, 6.45) is -6.51. The molecule has 1 fully saturated rings. The van der Waals surface area contributed by atoms with Crippen molar-refractivity contribution in [2.75, 3.05) is 18.9 Å². The number of hydrogen-bond donors (Lipinski definition) is 2. The minimum absolute atomic E-state index is 0.0305. The summed E-state index contributed by atoms with van der Waals surface area (Å²) in [6.45, 7) is 11.8. The van der Waals surface area contributed by atoms with E-state index in [0.717, 1.165) is 28.9 Å². The summed E-state index contributed by atoms with van der Waals surface area (Å²) < 4.78 is 57.6. The number of amides is 4. The molecule has 1 aromatic rings. The normalized spacial score (nSPS) is 22.2. The van der Waals surface area contributed by atoms with Crippen LogP contribution in [0.5, 0.6) is 5.75 Å². The number of benzene rings is 1. The van der Waals surface area contributed by atoms with Gasteiger partial charge in [-0.25, -0.2) is 11.0 Å². The van der Waals surface area contributed by atoms with Gasteiger partial charge in [0.2, 0.25) is 11.5 Å². The molecule has 1 saturated heterocycles. The van der Waals surface area contributed by atoms with Crippen LogP contribution in [0.4, 0.5) is 23.2 Å². The smallest absolute Gasteiger partial charge is 0.471 e. The van der Waals surface area contributed by atoms with Crippen molar-refractivity contribution in [1.29, 1.82) is 0 Å². The highest BCUT2D eigenvalue weighted by Gasteiger charge is 2.59. The number of likely N-dealkylation sites (N-methyl/N-ethyl adjacent to an activating group) is 1. The van der Waals surface area contributed by atoms with Crippen molar-refractivity contribution in [1.82, 2.24) is 15.1 Å². The van der Waals surface area contributed by atoms with Crippen molar-refractivity contribution in [3.63, 3.8) is 0 Å². The fourth-order valence-electron chi connectivity index (χ4n) is 4.47. The van der Waals surface area contributed by atoms with Crippen LogP contribution in [0.2, 0.25) is 0 Å². The maximum atomic E-state index is 13.8. The van der Waals surface area contributed by atoms with Gasteiger partial charge in [-0.15, -0.1) is 0 Å². The summed E-state index contributed by atoms with van der Waals surface area (Å²) in [6, 6.07) is 0.699. The van der Waals surface area contributed by atoms with Gasteiger partial charge in [-0.05, 0) is 31.4 Å². The Hall–Kier alpha value is -3.89. The molecule has 2 heterocycles. The van der Waals surface area contributed by atoms with E-state index in [-0.39, 0.29) is 36.7 Å². The van der Waals surface area contributed by atoms with Crippen LogP contribution in [0.1, 0.15) is 33.6 Å². The predicted molar refractivity (Wildman–Crippen MR) is 125 cm³/mol. The second-order valence-electron chi connectivity index (χ2n) is 9.76. The predicted octanol–water partition coefficient (Wildman–Crippen LogP) is 2.31. The van der Waals surface area contributed by atoms with Crippen LogP contribution in [0.3, 0.4) is 0 Å². The van der Waals surface area contributed by atoms with Gasteiger partial charge < -0.3 is 20.3 Å². The Bertz CT molecular complexity index is 1180. The molecule has 14 heteroatoms. The monoisotopic (exact) mass is 541 g/mol. The molecule has 38 heavy (non-hydrogen) atoms. The first-order valence-electron chi connectivity index (χ1n) is 11.7. The molecule has 0 radical (unpaired) electrons. The molecule has 10 nitrogen and oxygen atoms in total. The highest BCUT2D eigenvalue weighted by atomic mass is 19.4. The Morgan fingerprint density at radius 2 is 1.97 bits per heavy atom. The molecular formula is C24H27F4N5O5. The minimum atomic E-state index is -5.20. The number of likely N-dealkylation sites (tertiary alicyclic amines) is 1. The van der Waals surface area contributed by atoms with E-state index in [1.54, 1.807) is 19.2 Å². The maximum absolute atomic E-state index is 13.8. The van der Waals surface area contributed by atoms with Gasteiger partial charge in [-0.2, -0.15) is 13.2 Å². The van der Waals surface area contributed by atoms with Gasteiger partial charge in [0.05, 0.1) is 18.7 Å². The van der Waals surface area contributed by atoms with Crippen molar-refractivity contribution >= 4 is 29.3 Å². The van der Waals surface area contributed by atoms with E-state index >= 15 is 0 Å². The van der Waals surface area contributed by atoms with Gasteiger partial charge in [-0.1, -0.05) is 13.8 Å². The molecule has 0 aromatic heterocycles. The SMILES string of the molecule is [C-]#[N+]C1CC2(CN1C(=O)C(CC(C)C)N(C)C(=O)C(C)NC(=O)C(F)(F)F)Oc1cc(F)ccc1NC2=O. The number of nitrogens with one attached hydrogen (secondary N) is 2. The van der Waals surface area contributed by atoms with Gasteiger partial charge >= 0.3 is 18.2 Å². The van der Waals surface area contributed by atoms with Gasteiger partial charge in [0.1, 0.15) is 23.7 Å². The number of anilines is 1. The van der Waals surface area contributed by atoms with Gasteiger partial charge in [0.15, 0.2) is 0 Å². The number of alkyl halides is 3. The summed E-state index contributed by atoms with van der Waals surface area (Å²) in [5, 5.41) is 4.17. The zero-order chi connectivity index (χ0) is 28.6. The fourth-order valence-corrected chi connectivity index (χ4v) is 4.47. The Morgan fingerprint density at radius 1 is 1.32 bits per heavy atom. The second-order valence-corrected chi connectivity index (χ2v) is 9.76. The van der Waals surface area contributed by atoms with Crippen LogP contribution in [0, 0.1) is 18.3 Å². The molecule has 0 bridgehead atoms. The van der Waals surface area contributed by atoms with E-state index in [9.17, 15) is 36.7 Å². The molecule has 0 saturated carbocycles. The number of halogens is 4. The molecule has 4 unspecified atom stereocenters. The first-order valence-corrected chi connectivity index (χ1v) is 11.7. The Balaban J connectivity index is 1.86. The number of nitrogens with zero attached hydrogens (tertiary/aromatic N) is 3. The number of carbonyl (C=O) groups is 4. The average Bonchev–Trinajstić information content (AvgIpc) is 3.20. The summed E-state index contributed by atoms with van der Waals surface area (Å²) in [4.78, 5) is 56.4. The zero-order valence-corrected chi connectivity index (χ0v) is 21.1. The molecule has 0 aliphatic carbocycles. The number of fused-ring (bicyclic) bond motifs is 1. The lowest BCUT2D eigenvalue weighted by Crippen LogP contribution is -2.57. The van der Waals surface area contributed by atoms with Gasteiger partial charge in [-0.3, -0.25) is 28.9 Å². The van der Waals surface area contributed by atoms with Crippen molar-refractivity contribution < 1.29 is 41.5 Å².